The first-order valence-corrected chi connectivity index (χ1v) is 7.24. The number of anilines is 2. The summed E-state index contributed by atoms with van der Waals surface area (Å²) in [5, 5.41) is 6.46. The van der Waals surface area contributed by atoms with Crippen molar-refractivity contribution >= 4 is 22.7 Å². The Bertz CT molecular complexity index is 539. The van der Waals surface area contributed by atoms with Crippen LogP contribution in [0, 0.1) is 6.92 Å². The molecule has 0 saturated carbocycles. The van der Waals surface area contributed by atoms with Crippen molar-refractivity contribution in [1.82, 2.24) is 4.98 Å². The van der Waals surface area contributed by atoms with E-state index in [1.807, 2.05) is 25.1 Å². The summed E-state index contributed by atoms with van der Waals surface area (Å²) in [6.07, 6.45) is 0.968. The molecule has 0 amide bonds. The van der Waals surface area contributed by atoms with Crippen LogP contribution in [0.1, 0.15) is 24.0 Å². The molecule has 0 aliphatic rings. The molecule has 0 aliphatic carbocycles. The van der Waals surface area contributed by atoms with Crippen molar-refractivity contribution in [3.8, 4) is 5.75 Å². The minimum atomic E-state index is 0.670. The minimum absolute atomic E-state index is 0.670. The highest BCUT2D eigenvalue weighted by Gasteiger charge is 2.03. The van der Waals surface area contributed by atoms with Crippen LogP contribution in [-0.4, -0.2) is 11.6 Å². The van der Waals surface area contributed by atoms with Gasteiger partial charge in [-0.05, 0) is 25.5 Å². The first-order valence-electron chi connectivity index (χ1n) is 6.36. The lowest BCUT2D eigenvalue weighted by Gasteiger charge is -2.11. The molecule has 1 aromatic carbocycles. The molecular formula is C14H19N3OS. The van der Waals surface area contributed by atoms with Gasteiger partial charge in [-0.25, -0.2) is 4.98 Å². The molecular weight excluding hydrogens is 258 g/mol. The fourth-order valence-corrected chi connectivity index (χ4v) is 2.35. The van der Waals surface area contributed by atoms with Crippen molar-refractivity contribution in [2.24, 2.45) is 0 Å². The first-order chi connectivity index (χ1) is 9.19. The summed E-state index contributed by atoms with van der Waals surface area (Å²) < 4.78 is 5.60. The number of ether oxygens (including phenoxy) is 1. The number of rotatable bonds is 6. The third-order valence-corrected chi connectivity index (χ3v) is 3.55. The number of nitrogens with two attached hydrogens (primary N) is 1. The SMILES string of the molecule is CCCOc1cc(NCc2nc(C)cs2)ccc1N. The van der Waals surface area contributed by atoms with E-state index in [-0.39, 0.29) is 0 Å². The molecule has 0 unspecified atom stereocenters. The third kappa shape index (κ3) is 3.86. The molecule has 102 valence electrons. The summed E-state index contributed by atoms with van der Waals surface area (Å²) in [7, 11) is 0. The quantitative estimate of drug-likeness (QED) is 0.794. The molecule has 0 spiro atoms. The second-order valence-corrected chi connectivity index (χ2v) is 5.28. The van der Waals surface area contributed by atoms with Gasteiger partial charge in [-0.3, -0.25) is 0 Å². The number of nitrogen functional groups attached to an aromatic ring is 1. The summed E-state index contributed by atoms with van der Waals surface area (Å²) in [6.45, 7) is 5.47. The van der Waals surface area contributed by atoms with E-state index in [0.29, 0.717) is 12.3 Å². The Morgan fingerprint density at radius 1 is 1.42 bits per heavy atom. The van der Waals surface area contributed by atoms with E-state index >= 15 is 0 Å². The lowest BCUT2D eigenvalue weighted by molar-refractivity contribution is 0.319. The number of aryl methyl sites for hydroxylation is 1. The van der Waals surface area contributed by atoms with Crippen LogP contribution in [0.4, 0.5) is 11.4 Å². The topological polar surface area (TPSA) is 60.2 Å². The standard InChI is InChI=1S/C14H19N3OS/c1-3-6-18-13-7-11(4-5-12(13)15)16-8-14-17-10(2)9-19-14/h4-5,7,9,16H,3,6,8,15H2,1-2H3. The Balaban J connectivity index is 2.00. The molecule has 4 nitrogen and oxygen atoms in total. The summed E-state index contributed by atoms with van der Waals surface area (Å²) in [5.41, 5.74) is 8.60. The van der Waals surface area contributed by atoms with Gasteiger partial charge < -0.3 is 15.8 Å². The molecule has 1 heterocycles. The van der Waals surface area contributed by atoms with Crippen LogP contribution in [0.3, 0.4) is 0 Å². The summed E-state index contributed by atoms with van der Waals surface area (Å²) in [6, 6.07) is 5.75. The molecule has 0 aliphatic heterocycles. The molecule has 19 heavy (non-hydrogen) atoms. The molecule has 1 aromatic heterocycles. The van der Waals surface area contributed by atoms with Gasteiger partial charge in [0.15, 0.2) is 0 Å². The van der Waals surface area contributed by atoms with Crippen molar-refractivity contribution in [2.75, 3.05) is 17.7 Å². The Morgan fingerprint density at radius 3 is 2.95 bits per heavy atom. The van der Waals surface area contributed by atoms with Crippen molar-refractivity contribution in [2.45, 2.75) is 26.8 Å². The third-order valence-electron chi connectivity index (χ3n) is 2.59. The molecule has 0 saturated heterocycles. The second kappa shape index (κ2) is 6.43. The Kier molecular flexibility index (Phi) is 4.63. The zero-order valence-corrected chi connectivity index (χ0v) is 12.1. The maximum Gasteiger partial charge on any atom is 0.144 e. The first kappa shape index (κ1) is 13.7. The van der Waals surface area contributed by atoms with E-state index in [0.717, 1.165) is 35.1 Å². The van der Waals surface area contributed by atoms with Crippen LogP contribution in [0.15, 0.2) is 23.6 Å². The van der Waals surface area contributed by atoms with E-state index in [1.165, 1.54) is 0 Å². The lowest BCUT2D eigenvalue weighted by Crippen LogP contribution is -2.02. The van der Waals surface area contributed by atoms with Gasteiger partial charge in [0.05, 0.1) is 18.8 Å². The number of benzene rings is 1. The summed E-state index contributed by atoms with van der Waals surface area (Å²) in [4.78, 5) is 4.42. The fraction of sp³-hybridized carbons (Fsp3) is 0.357. The van der Waals surface area contributed by atoms with Crippen molar-refractivity contribution in [1.29, 1.82) is 0 Å². The number of nitrogens with one attached hydrogen (secondary N) is 1. The molecule has 2 aromatic rings. The Labute approximate surface area is 117 Å². The fourth-order valence-electron chi connectivity index (χ4n) is 1.64. The van der Waals surface area contributed by atoms with Gasteiger partial charge in [0.25, 0.3) is 0 Å². The average molecular weight is 277 g/mol. The normalized spacial score (nSPS) is 10.4. The monoisotopic (exact) mass is 277 g/mol. The summed E-state index contributed by atoms with van der Waals surface area (Å²) >= 11 is 1.66. The average Bonchev–Trinajstić information content (AvgIpc) is 2.82. The largest absolute Gasteiger partial charge is 0.491 e. The zero-order valence-electron chi connectivity index (χ0n) is 11.3. The highest BCUT2D eigenvalue weighted by atomic mass is 32.1. The molecule has 0 bridgehead atoms. The Morgan fingerprint density at radius 2 is 2.26 bits per heavy atom. The number of nitrogens with zero attached hydrogens (tertiary/aromatic N) is 1. The molecule has 5 heteroatoms. The number of thiazole rings is 1. The van der Waals surface area contributed by atoms with E-state index in [2.05, 4.69) is 22.6 Å². The van der Waals surface area contributed by atoms with E-state index in [1.54, 1.807) is 11.3 Å². The van der Waals surface area contributed by atoms with Gasteiger partial charge in [0.1, 0.15) is 10.8 Å². The van der Waals surface area contributed by atoms with Gasteiger partial charge in [-0.1, -0.05) is 6.92 Å². The lowest BCUT2D eigenvalue weighted by atomic mass is 10.2. The molecule has 3 N–H and O–H groups in total. The van der Waals surface area contributed by atoms with E-state index in [9.17, 15) is 0 Å². The van der Waals surface area contributed by atoms with Gasteiger partial charge in [0.2, 0.25) is 0 Å². The number of hydrogen-bond acceptors (Lipinski definition) is 5. The van der Waals surface area contributed by atoms with Crippen LogP contribution in [0.5, 0.6) is 5.75 Å². The van der Waals surface area contributed by atoms with Crippen molar-refractivity contribution in [3.63, 3.8) is 0 Å². The van der Waals surface area contributed by atoms with Gasteiger partial charge in [-0.15, -0.1) is 11.3 Å². The van der Waals surface area contributed by atoms with Gasteiger partial charge >= 0.3 is 0 Å². The molecule has 0 atom stereocenters. The molecule has 0 radical (unpaired) electrons. The van der Waals surface area contributed by atoms with Crippen LogP contribution >= 0.6 is 11.3 Å². The summed E-state index contributed by atoms with van der Waals surface area (Å²) in [5.74, 6) is 0.738. The number of aromatic nitrogens is 1. The van der Waals surface area contributed by atoms with Crippen LogP contribution in [-0.2, 0) is 6.54 Å². The van der Waals surface area contributed by atoms with Crippen molar-refractivity contribution in [3.05, 3.63) is 34.3 Å². The molecule has 2 rings (SSSR count). The molecule has 0 fully saturated rings. The van der Waals surface area contributed by atoms with E-state index < -0.39 is 0 Å². The highest BCUT2D eigenvalue weighted by Crippen LogP contribution is 2.26. The maximum atomic E-state index is 5.88. The van der Waals surface area contributed by atoms with E-state index in [4.69, 9.17) is 10.5 Å². The zero-order chi connectivity index (χ0) is 13.7. The maximum absolute atomic E-state index is 5.88. The minimum Gasteiger partial charge on any atom is -0.491 e. The number of hydrogen-bond donors (Lipinski definition) is 2. The predicted molar refractivity (Wildman–Crippen MR) is 80.8 cm³/mol. The smallest absolute Gasteiger partial charge is 0.144 e. The second-order valence-electron chi connectivity index (χ2n) is 4.34. The highest BCUT2D eigenvalue weighted by molar-refractivity contribution is 7.09. The van der Waals surface area contributed by atoms with Crippen LogP contribution in [0.25, 0.3) is 0 Å². The predicted octanol–water partition coefficient (Wildman–Crippen LogP) is 3.43. The van der Waals surface area contributed by atoms with Gasteiger partial charge in [-0.2, -0.15) is 0 Å². The van der Waals surface area contributed by atoms with Gasteiger partial charge in [0, 0.05) is 22.8 Å². The van der Waals surface area contributed by atoms with Crippen LogP contribution in [0.2, 0.25) is 0 Å². The van der Waals surface area contributed by atoms with Crippen molar-refractivity contribution < 1.29 is 4.74 Å². The Hall–Kier alpha value is -1.75. The van der Waals surface area contributed by atoms with Crippen LogP contribution < -0.4 is 15.8 Å².